The van der Waals surface area contributed by atoms with Crippen LogP contribution in [0.1, 0.15) is 22.7 Å². The Morgan fingerprint density at radius 2 is 2.12 bits per heavy atom. The van der Waals surface area contributed by atoms with Crippen LogP contribution in [-0.2, 0) is 12.7 Å². The van der Waals surface area contributed by atoms with Crippen LogP contribution in [0.5, 0.6) is 0 Å². The third-order valence-corrected chi connectivity index (χ3v) is 4.47. The van der Waals surface area contributed by atoms with Crippen LogP contribution in [0.3, 0.4) is 0 Å². The molecule has 1 aromatic heterocycles. The molecule has 0 saturated carbocycles. The molecule has 0 aliphatic carbocycles. The molecule has 2 heterocycles. The van der Waals surface area contributed by atoms with E-state index in [9.17, 15) is 13.2 Å². The number of nitrogens with one attached hydrogen (secondary N) is 1. The fraction of sp³-hybridized carbons (Fsp3) is 0.353. The fourth-order valence-electron chi connectivity index (χ4n) is 2.96. The van der Waals surface area contributed by atoms with Gasteiger partial charge >= 0.3 is 6.18 Å². The van der Waals surface area contributed by atoms with E-state index in [-0.39, 0.29) is 11.1 Å². The number of piperazine rings is 1. The van der Waals surface area contributed by atoms with Crippen molar-refractivity contribution in [3.8, 4) is 0 Å². The zero-order valence-electron chi connectivity index (χ0n) is 12.9. The van der Waals surface area contributed by atoms with Crippen molar-refractivity contribution in [2.45, 2.75) is 18.8 Å². The number of rotatable bonds is 3. The maximum Gasteiger partial charge on any atom is 0.417 e. The number of hydrogen-bond acceptors (Lipinski definition) is 3. The molecule has 1 atom stereocenters. The molecule has 1 aromatic carbocycles. The van der Waals surface area contributed by atoms with Crippen molar-refractivity contribution in [3.05, 3.63) is 64.4 Å². The molecule has 1 aliphatic rings. The van der Waals surface area contributed by atoms with Crippen molar-refractivity contribution >= 4 is 11.6 Å². The van der Waals surface area contributed by atoms with Crippen LogP contribution >= 0.6 is 11.6 Å². The van der Waals surface area contributed by atoms with Crippen molar-refractivity contribution in [3.63, 3.8) is 0 Å². The molecule has 0 spiro atoms. The molecule has 3 rings (SSSR count). The molecular weight excluding hydrogens is 339 g/mol. The minimum absolute atomic E-state index is 0.0810. The van der Waals surface area contributed by atoms with E-state index in [1.165, 1.54) is 6.07 Å². The van der Waals surface area contributed by atoms with Gasteiger partial charge in [-0.2, -0.15) is 13.2 Å². The highest BCUT2D eigenvalue weighted by Gasteiger charge is 2.33. The molecule has 0 bridgehead atoms. The quantitative estimate of drug-likeness (QED) is 0.905. The molecular formula is C17H17ClF3N3. The average Bonchev–Trinajstić information content (AvgIpc) is 2.57. The predicted molar refractivity (Wildman–Crippen MR) is 86.7 cm³/mol. The summed E-state index contributed by atoms with van der Waals surface area (Å²) in [6.07, 6.45) is -0.939. The summed E-state index contributed by atoms with van der Waals surface area (Å²) in [6, 6.07) is 8.05. The Kier molecular flexibility index (Phi) is 5.08. The number of nitrogens with zero attached hydrogens (tertiary/aromatic N) is 2. The maximum absolute atomic E-state index is 13.0. The first kappa shape index (κ1) is 17.2. The smallest absolute Gasteiger partial charge is 0.314 e. The standard InChI is InChI=1S/C17H17ClF3N3/c18-15-4-3-12(8-14(15)17(19,20)21)11-24-7-6-23-10-16(24)13-2-1-5-22-9-13/h1-5,8-9,16,23H,6-7,10-11H2. The summed E-state index contributed by atoms with van der Waals surface area (Å²) in [6.45, 7) is 2.73. The van der Waals surface area contributed by atoms with Gasteiger partial charge in [-0.25, -0.2) is 0 Å². The van der Waals surface area contributed by atoms with E-state index in [2.05, 4.69) is 15.2 Å². The predicted octanol–water partition coefficient (Wildman–Crippen LogP) is 3.90. The van der Waals surface area contributed by atoms with Crippen LogP contribution in [0.25, 0.3) is 0 Å². The number of aromatic nitrogens is 1. The third kappa shape index (κ3) is 3.88. The molecule has 1 unspecified atom stereocenters. The largest absolute Gasteiger partial charge is 0.417 e. The van der Waals surface area contributed by atoms with E-state index >= 15 is 0 Å². The van der Waals surface area contributed by atoms with Gasteiger partial charge in [-0.05, 0) is 29.3 Å². The van der Waals surface area contributed by atoms with E-state index < -0.39 is 11.7 Å². The minimum atomic E-state index is -4.45. The van der Waals surface area contributed by atoms with Crippen molar-refractivity contribution in [2.24, 2.45) is 0 Å². The Labute approximate surface area is 143 Å². The van der Waals surface area contributed by atoms with Crippen molar-refractivity contribution < 1.29 is 13.2 Å². The lowest BCUT2D eigenvalue weighted by molar-refractivity contribution is -0.137. The van der Waals surface area contributed by atoms with Gasteiger partial charge in [0.05, 0.1) is 10.6 Å². The highest BCUT2D eigenvalue weighted by molar-refractivity contribution is 6.31. The van der Waals surface area contributed by atoms with E-state index in [4.69, 9.17) is 11.6 Å². The first-order valence-corrected chi connectivity index (χ1v) is 8.03. The van der Waals surface area contributed by atoms with Crippen molar-refractivity contribution in [1.29, 1.82) is 0 Å². The Balaban J connectivity index is 1.83. The Morgan fingerprint density at radius 3 is 2.83 bits per heavy atom. The first-order valence-electron chi connectivity index (χ1n) is 7.65. The summed E-state index contributed by atoms with van der Waals surface area (Å²) in [4.78, 5) is 6.30. The van der Waals surface area contributed by atoms with Gasteiger partial charge in [0, 0.05) is 44.6 Å². The van der Waals surface area contributed by atoms with Gasteiger partial charge in [-0.1, -0.05) is 23.7 Å². The summed E-state index contributed by atoms with van der Waals surface area (Å²) in [5.74, 6) is 0. The van der Waals surface area contributed by atoms with Gasteiger partial charge in [0.2, 0.25) is 0 Å². The molecule has 1 N–H and O–H groups in total. The number of halogens is 4. The van der Waals surface area contributed by atoms with Gasteiger partial charge in [-0.15, -0.1) is 0 Å². The summed E-state index contributed by atoms with van der Waals surface area (Å²) < 4.78 is 39.1. The first-order chi connectivity index (χ1) is 11.4. The molecule has 7 heteroatoms. The van der Waals surface area contributed by atoms with Gasteiger partial charge in [0.25, 0.3) is 0 Å². The molecule has 0 radical (unpaired) electrons. The zero-order chi connectivity index (χ0) is 17.2. The maximum atomic E-state index is 13.0. The molecule has 128 valence electrons. The molecule has 0 amide bonds. The highest BCUT2D eigenvalue weighted by atomic mass is 35.5. The molecule has 24 heavy (non-hydrogen) atoms. The second kappa shape index (κ2) is 7.09. The average molecular weight is 356 g/mol. The monoisotopic (exact) mass is 355 g/mol. The molecule has 2 aromatic rings. The van der Waals surface area contributed by atoms with Gasteiger partial charge in [0.15, 0.2) is 0 Å². The van der Waals surface area contributed by atoms with Crippen molar-refractivity contribution in [2.75, 3.05) is 19.6 Å². The Hall–Kier alpha value is -1.63. The summed E-state index contributed by atoms with van der Waals surface area (Å²) in [5, 5.41) is 3.06. The van der Waals surface area contributed by atoms with E-state index in [0.717, 1.165) is 31.3 Å². The van der Waals surface area contributed by atoms with Gasteiger partial charge < -0.3 is 5.32 Å². The Morgan fingerprint density at radius 1 is 1.29 bits per heavy atom. The molecule has 1 saturated heterocycles. The zero-order valence-corrected chi connectivity index (χ0v) is 13.6. The van der Waals surface area contributed by atoms with Crippen molar-refractivity contribution in [1.82, 2.24) is 15.2 Å². The topological polar surface area (TPSA) is 28.2 Å². The SMILES string of the molecule is FC(F)(F)c1cc(CN2CCNCC2c2cccnc2)ccc1Cl. The van der Waals surface area contributed by atoms with E-state index in [0.29, 0.717) is 12.1 Å². The van der Waals surface area contributed by atoms with Crippen LogP contribution in [0.4, 0.5) is 13.2 Å². The lowest BCUT2D eigenvalue weighted by Crippen LogP contribution is -2.45. The lowest BCUT2D eigenvalue weighted by atomic mass is 10.0. The van der Waals surface area contributed by atoms with Crippen LogP contribution in [0.2, 0.25) is 5.02 Å². The Bertz CT molecular complexity index is 691. The lowest BCUT2D eigenvalue weighted by Gasteiger charge is -2.36. The second-order valence-electron chi connectivity index (χ2n) is 5.79. The number of alkyl halides is 3. The molecule has 1 aliphatic heterocycles. The molecule has 1 fully saturated rings. The fourth-order valence-corrected chi connectivity index (χ4v) is 3.18. The summed E-state index contributed by atoms with van der Waals surface area (Å²) in [7, 11) is 0. The van der Waals surface area contributed by atoms with Crippen LogP contribution in [-0.4, -0.2) is 29.5 Å². The normalized spacial score (nSPS) is 19.4. The van der Waals surface area contributed by atoms with Gasteiger partial charge in [-0.3, -0.25) is 9.88 Å². The number of benzene rings is 1. The van der Waals surface area contributed by atoms with Gasteiger partial charge in [0.1, 0.15) is 0 Å². The number of pyridine rings is 1. The minimum Gasteiger partial charge on any atom is -0.314 e. The third-order valence-electron chi connectivity index (χ3n) is 4.15. The summed E-state index contributed by atoms with van der Waals surface area (Å²) in [5.41, 5.74) is 0.868. The van der Waals surface area contributed by atoms with Crippen LogP contribution < -0.4 is 5.32 Å². The summed E-state index contributed by atoms with van der Waals surface area (Å²) >= 11 is 5.70. The van der Waals surface area contributed by atoms with Crippen LogP contribution in [0.15, 0.2) is 42.7 Å². The second-order valence-corrected chi connectivity index (χ2v) is 6.20. The number of hydrogen-bond donors (Lipinski definition) is 1. The molecule has 3 nitrogen and oxygen atoms in total. The van der Waals surface area contributed by atoms with E-state index in [1.54, 1.807) is 18.5 Å². The van der Waals surface area contributed by atoms with Crippen LogP contribution in [0, 0.1) is 0 Å². The highest BCUT2D eigenvalue weighted by Crippen LogP contribution is 2.35. The van der Waals surface area contributed by atoms with E-state index in [1.807, 2.05) is 12.1 Å².